The molecule has 0 aliphatic rings. The van der Waals surface area contributed by atoms with Gasteiger partial charge in [0.1, 0.15) is 5.82 Å². The van der Waals surface area contributed by atoms with E-state index in [-0.39, 0.29) is 12.0 Å². The molecule has 15 heavy (non-hydrogen) atoms. The number of hydrogen-bond donors (Lipinski definition) is 2. The van der Waals surface area contributed by atoms with Gasteiger partial charge in [0.15, 0.2) is 0 Å². The maximum absolute atomic E-state index is 13.5. The van der Waals surface area contributed by atoms with Crippen LogP contribution in [0.1, 0.15) is 18.0 Å². The first-order valence-corrected chi connectivity index (χ1v) is 5.58. The van der Waals surface area contributed by atoms with Gasteiger partial charge in [0.2, 0.25) is 0 Å². The summed E-state index contributed by atoms with van der Waals surface area (Å²) in [6, 6.07) is 3.80. The molecule has 1 aromatic rings. The second-order valence-corrected chi connectivity index (χ2v) is 3.91. The summed E-state index contributed by atoms with van der Waals surface area (Å²) in [7, 11) is 0. The van der Waals surface area contributed by atoms with Gasteiger partial charge in [-0.1, -0.05) is 6.07 Å². The average molecular weight is 229 g/mol. The number of carbonyl (C=O) groups is 1. The second-order valence-electron chi connectivity index (χ2n) is 3.06. The van der Waals surface area contributed by atoms with Crippen LogP contribution < -0.4 is 5.73 Å². The molecule has 0 fully saturated rings. The third-order valence-corrected chi connectivity index (χ3v) is 2.79. The monoisotopic (exact) mass is 229 g/mol. The molecule has 0 radical (unpaired) electrons. The van der Waals surface area contributed by atoms with Crippen molar-refractivity contribution in [2.24, 2.45) is 5.73 Å². The van der Waals surface area contributed by atoms with Crippen LogP contribution in [0.3, 0.4) is 0 Å². The quantitative estimate of drug-likeness (QED) is 0.775. The van der Waals surface area contributed by atoms with E-state index in [0.717, 1.165) is 0 Å². The van der Waals surface area contributed by atoms with Crippen molar-refractivity contribution in [3.8, 4) is 0 Å². The summed E-state index contributed by atoms with van der Waals surface area (Å²) < 4.78 is 13.5. The maximum atomic E-state index is 13.5. The molecule has 0 aliphatic carbocycles. The Labute approximate surface area is 91.5 Å². The molecule has 0 amide bonds. The summed E-state index contributed by atoms with van der Waals surface area (Å²) in [4.78, 5) is 11.2. The standard InChI is InChI=1S/C10H12FNO2S/c1-15-8-4-2-3-6(11)10(8)7(12)5-9(13)14/h2-4,7H,5,12H2,1H3,(H,13,14). The van der Waals surface area contributed by atoms with E-state index in [2.05, 4.69) is 0 Å². The lowest BCUT2D eigenvalue weighted by molar-refractivity contribution is -0.137. The highest BCUT2D eigenvalue weighted by Crippen LogP contribution is 2.28. The normalized spacial score (nSPS) is 12.5. The van der Waals surface area contributed by atoms with E-state index in [0.29, 0.717) is 4.90 Å². The highest BCUT2D eigenvalue weighted by atomic mass is 32.2. The van der Waals surface area contributed by atoms with Crippen molar-refractivity contribution in [1.82, 2.24) is 0 Å². The van der Waals surface area contributed by atoms with Gasteiger partial charge in [-0.05, 0) is 18.4 Å². The number of carboxylic acid groups (broad SMARTS) is 1. The number of halogens is 1. The minimum atomic E-state index is -1.03. The first-order valence-electron chi connectivity index (χ1n) is 4.36. The Morgan fingerprint density at radius 2 is 2.33 bits per heavy atom. The lowest BCUT2D eigenvalue weighted by Crippen LogP contribution is -2.17. The van der Waals surface area contributed by atoms with Crippen LogP contribution in [-0.2, 0) is 4.79 Å². The largest absolute Gasteiger partial charge is 0.481 e. The molecule has 5 heteroatoms. The zero-order valence-corrected chi connectivity index (χ0v) is 9.05. The van der Waals surface area contributed by atoms with Crippen LogP contribution in [-0.4, -0.2) is 17.3 Å². The fraction of sp³-hybridized carbons (Fsp3) is 0.300. The fourth-order valence-electron chi connectivity index (χ4n) is 1.35. The van der Waals surface area contributed by atoms with Crippen molar-refractivity contribution in [2.75, 3.05) is 6.26 Å². The molecular weight excluding hydrogens is 217 g/mol. The van der Waals surface area contributed by atoms with Crippen molar-refractivity contribution in [3.05, 3.63) is 29.6 Å². The van der Waals surface area contributed by atoms with Gasteiger partial charge in [-0.2, -0.15) is 0 Å². The van der Waals surface area contributed by atoms with Gasteiger partial charge in [-0.25, -0.2) is 4.39 Å². The maximum Gasteiger partial charge on any atom is 0.305 e. The summed E-state index contributed by atoms with van der Waals surface area (Å²) in [6.07, 6.45) is 1.53. The molecule has 82 valence electrons. The molecule has 0 saturated carbocycles. The first-order chi connectivity index (χ1) is 7.06. The first kappa shape index (κ1) is 12.0. The smallest absolute Gasteiger partial charge is 0.305 e. The highest BCUT2D eigenvalue weighted by Gasteiger charge is 2.18. The van der Waals surface area contributed by atoms with Gasteiger partial charge >= 0.3 is 5.97 Å². The Bertz CT molecular complexity index is 370. The summed E-state index contributed by atoms with van der Waals surface area (Å²) in [5, 5.41) is 8.59. The van der Waals surface area contributed by atoms with Crippen molar-refractivity contribution in [2.45, 2.75) is 17.4 Å². The number of thioether (sulfide) groups is 1. The number of carboxylic acids is 1. The van der Waals surface area contributed by atoms with Crippen molar-refractivity contribution >= 4 is 17.7 Å². The molecular formula is C10H12FNO2S. The Morgan fingerprint density at radius 3 is 2.87 bits per heavy atom. The lowest BCUT2D eigenvalue weighted by atomic mass is 10.0. The number of aliphatic carboxylic acids is 1. The molecule has 1 aromatic carbocycles. The Hall–Kier alpha value is -1.07. The minimum Gasteiger partial charge on any atom is -0.481 e. The summed E-state index contributed by atoms with van der Waals surface area (Å²) >= 11 is 1.35. The summed E-state index contributed by atoms with van der Waals surface area (Å²) in [5.74, 6) is -1.48. The molecule has 3 nitrogen and oxygen atoms in total. The van der Waals surface area contributed by atoms with Gasteiger partial charge in [0, 0.05) is 16.5 Å². The van der Waals surface area contributed by atoms with Gasteiger partial charge < -0.3 is 10.8 Å². The van der Waals surface area contributed by atoms with Crippen LogP contribution in [0.5, 0.6) is 0 Å². The molecule has 1 atom stereocenters. The molecule has 1 rings (SSSR count). The molecule has 0 saturated heterocycles. The van der Waals surface area contributed by atoms with Crippen molar-refractivity contribution in [1.29, 1.82) is 0 Å². The van der Waals surface area contributed by atoms with Crippen LogP contribution in [0.25, 0.3) is 0 Å². The van der Waals surface area contributed by atoms with Gasteiger partial charge in [0.25, 0.3) is 0 Å². The van der Waals surface area contributed by atoms with E-state index in [1.54, 1.807) is 18.4 Å². The Kier molecular flexibility index (Phi) is 4.11. The van der Waals surface area contributed by atoms with Crippen molar-refractivity contribution < 1.29 is 14.3 Å². The SMILES string of the molecule is CSc1cccc(F)c1C(N)CC(=O)O. The van der Waals surface area contributed by atoms with Crippen LogP contribution in [0, 0.1) is 5.82 Å². The minimum absolute atomic E-state index is 0.269. The highest BCUT2D eigenvalue weighted by molar-refractivity contribution is 7.98. The molecule has 1 unspecified atom stereocenters. The van der Waals surface area contributed by atoms with Gasteiger partial charge in [-0.3, -0.25) is 4.79 Å². The van der Waals surface area contributed by atoms with E-state index in [1.165, 1.54) is 17.8 Å². The van der Waals surface area contributed by atoms with E-state index in [1.807, 2.05) is 0 Å². The fourth-order valence-corrected chi connectivity index (χ4v) is 2.03. The van der Waals surface area contributed by atoms with Crippen LogP contribution in [0.2, 0.25) is 0 Å². The van der Waals surface area contributed by atoms with Gasteiger partial charge in [-0.15, -0.1) is 11.8 Å². The Balaban J connectivity index is 3.05. The van der Waals surface area contributed by atoms with Gasteiger partial charge in [0.05, 0.1) is 6.42 Å². The summed E-state index contributed by atoms with van der Waals surface area (Å²) in [5.41, 5.74) is 5.92. The average Bonchev–Trinajstić information content (AvgIpc) is 2.15. The molecule has 3 N–H and O–H groups in total. The number of benzene rings is 1. The van der Waals surface area contributed by atoms with E-state index in [9.17, 15) is 9.18 Å². The van der Waals surface area contributed by atoms with Crippen LogP contribution in [0.4, 0.5) is 4.39 Å². The summed E-state index contributed by atoms with van der Waals surface area (Å²) in [6.45, 7) is 0. The van der Waals surface area contributed by atoms with E-state index in [4.69, 9.17) is 10.8 Å². The van der Waals surface area contributed by atoms with E-state index < -0.39 is 17.8 Å². The van der Waals surface area contributed by atoms with Crippen LogP contribution in [0.15, 0.2) is 23.1 Å². The second kappa shape index (κ2) is 5.14. The lowest BCUT2D eigenvalue weighted by Gasteiger charge is -2.14. The number of hydrogen-bond acceptors (Lipinski definition) is 3. The van der Waals surface area contributed by atoms with Crippen LogP contribution >= 0.6 is 11.8 Å². The molecule has 0 spiro atoms. The zero-order chi connectivity index (χ0) is 11.4. The predicted octanol–water partition coefficient (Wildman–Crippen LogP) is 2.02. The number of nitrogens with two attached hydrogens (primary N) is 1. The third kappa shape index (κ3) is 2.94. The molecule has 0 bridgehead atoms. The number of rotatable bonds is 4. The molecule has 0 aliphatic heterocycles. The molecule has 0 aromatic heterocycles. The predicted molar refractivity (Wildman–Crippen MR) is 57.4 cm³/mol. The Morgan fingerprint density at radius 1 is 1.67 bits per heavy atom. The third-order valence-electron chi connectivity index (χ3n) is 2.00. The topological polar surface area (TPSA) is 63.3 Å². The van der Waals surface area contributed by atoms with Crippen molar-refractivity contribution in [3.63, 3.8) is 0 Å². The molecule has 0 heterocycles. The van der Waals surface area contributed by atoms with E-state index >= 15 is 0 Å². The zero-order valence-electron chi connectivity index (χ0n) is 8.24.